The average Bonchev–Trinajstić information content (AvgIpc) is 3.17. The summed E-state index contributed by atoms with van der Waals surface area (Å²) in [6.45, 7) is 5.88. The first-order chi connectivity index (χ1) is 15.0. The second kappa shape index (κ2) is 18.9. The van der Waals surface area contributed by atoms with Gasteiger partial charge in [0, 0.05) is 25.9 Å². The van der Waals surface area contributed by atoms with Crippen molar-refractivity contribution in [2.45, 2.75) is 78.1 Å². The summed E-state index contributed by atoms with van der Waals surface area (Å²) in [6, 6.07) is -0.0151. The van der Waals surface area contributed by atoms with Gasteiger partial charge in [-0.1, -0.05) is 25.7 Å². The van der Waals surface area contributed by atoms with Crippen LogP contribution in [0.2, 0.25) is 0 Å². The smallest absolute Gasteiger partial charge is 0.415 e. The van der Waals surface area contributed by atoms with Gasteiger partial charge in [-0.3, -0.25) is 9.59 Å². The Morgan fingerprint density at radius 2 is 1.28 bits per heavy atom. The molecule has 0 bridgehead atoms. The fraction of sp³-hybridized carbons (Fsp3) is 0.739. The van der Waals surface area contributed by atoms with Crippen LogP contribution in [0.15, 0.2) is 18.7 Å². The highest BCUT2D eigenvalue weighted by Crippen LogP contribution is 2.10. The molecule has 1 heterocycles. The molecule has 1 aromatic rings. The summed E-state index contributed by atoms with van der Waals surface area (Å²) in [5.41, 5.74) is 0. The van der Waals surface area contributed by atoms with E-state index in [1.165, 1.54) is 0 Å². The number of esters is 2. The molecule has 9 heteroatoms. The monoisotopic (exact) mass is 565 g/mol. The highest BCUT2D eigenvalue weighted by molar-refractivity contribution is 5.76. The van der Waals surface area contributed by atoms with E-state index in [-0.39, 0.29) is 41.9 Å². The van der Waals surface area contributed by atoms with Gasteiger partial charge in [0.15, 0.2) is 0 Å². The first kappa shape index (κ1) is 30.4. The zero-order chi connectivity index (χ0) is 22.9. The third kappa shape index (κ3) is 13.7. The Labute approximate surface area is 209 Å². The predicted octanol–water partition coefficient (Wildman–Crippen LogP) is 0.614. The van der Waals surface area contributed by atoms with Crippen LogP contribution in [-0.4, -0.2) is 53.7 Å². The summed E-state index contributed by atoms with van der Waals surface area (Å²) in [5.74, 6) is -0.273. The molecule has 0 radical (unpaired) electrons. The van der Waals surface area contributed by atoms with Crippen LogP contribution in [0.4, 0.5) is 4.79 Å². The lowest BCUT2D eigenvalue weighted by Gasteiger charge is -2.20. The minimum Gasteiger partial charge on any atom is -1.00 e. The Balaban J connectivity index is 0.00000961. The molecule has 0 N–H and O–H groups in total. The molecule has 1 amide bonds. The third-order valence-electron chi connectivity index (χ3n) is 4.99. The lowest BCUT2D eigenvalue weighted by Crippen LogP contribution is -3.00. The number of hydrogen-bond donors (Lipinski definition) is 0. The van der Waals surface area contributed by atoms with Crippen LogP contribution in [0.25, 0.3) is 0 Å². The number of carbonyl (C=O) groups is 3. The fourth-order valence-corrected chi connectivity index (χ4v) is 3.35. The molecule has 0 aliphatic carbocycles. The van der Waals surface area contributed by atoms with E-state index in [1.54, 1.807) is 17.1 Å². The largest absolute Gasteiger partial charge is 1.00 e. The lowest BCUT2D eigenvalue weighted by molar-refractivity contribution is -0.670. The van der Waals surface area contributed by atoms with E-state index in [0.29, 0.717) is 39.1 Å². The molecule has 0 aliphatic heterocycles. The normalized spacial score (nSPS) is 10.3. The second-order valence-corrected chi connectivity index (χ2v) is 7.69. The summed E-state index contributed by atoms with van der Waals surface area (Å²) in [7, 11) is 1.89. The van der Waals surface area contributed by atoms with Crippen molar-refractivity contribution in [3.63, 3.8) is 0 Å². The number of nitrogens with zero attached hydrogens (tertiary/aromatic N) is 3. The van der Waals surface area contributed by atoms with Crippen LogP contribution in [-0.2, 0) is 26.1 Å². The number of hydrogen-bond acceptors (Lipinski definition) is 5. The van der Waals surface area contributed by atoms with Crippen LogP contribution < -0.4 is 28.5 Å². The second-order valence-electron chi connectivity index (χ2n) is 7.69. The molecule has 0 unspecified atom stereocenters. The van der Waals surface area contributed by atoms with Crippen molar-refractivity contribution in [1.82, 2.24) is 9.47 Å². The molecule has 1 aromatic heterocycles. The van der Waals surface area contributed by atoms with E-state index in [1.807, 2.05) is 36.6 Å². The molecular weight excluding hydrogens is 525 g/mol. The van der Waals surface area contributed by atoms with Gasteiger partial charge in [0.1, 0.15) is 12.4 Å². The number of aryl methyl sites for hydroxylation is 1. The van der Waals surface area contributed by atoms with E-state index < -0.39 is 0 Å². The quantitative estimate of drug-likeness (QED) is 0.127. The topological polar surface area (TPSA) is 81.7 Å². The van der Waals surface area contributed by atoms with Gasteiger partial charge in [-0.15, -0.1) is 0 Å². The predicted molar refractivity (Wildman–Crippen MR) is 117 cm³/mol. The van der Waals surface area contributed by atoms with Gasteiger partial charge in [0.25, 0.3) is 6.33 Å². The zero-order valence-corrected chi connectivity index (χ0v) is 22.0. The Morgan fingerprint density at radius 3 is 1.69 bits per heavy atom. The average molecular weight is 565 g/mol. The number of unbranched alkanes of at least 4 members (excludes halogenated alkanes) is 6. The van der Waals surface area contributed by atoms with Crippen LogP contribution in [0.1, 0.15) is 78.1 Å². The van der Waals surface area contributed by atoms with Crippen LogP contribution in [0.3, 0.4) is 0 Å². The van der Waals surface area contributed by atoms with Crippen molar-refractivity contribution < 1.29 is 52.4 Å². The van der Waals surface area contributed by atoms with Crippen molar-refractivity contribution in [3.05, 3.63) is 18.7 Å². The van der Waals surface area contributed by atoms with Gasteiger partial charge >= 0.3 is 18.0 Å². The molecule has 0 saturated heterocycles. The van der Waals surface area contributed by atoms with E-state index in [4.69, 9.17) is 9.47 Å². The minimum absolute atomic E-state index is 0. The van der Waals surface area contributed by atoms with Gasteiger partial charge < -0.3 is 38.4 Å². The SMILES string of the molecule is CCOC(=O)CCCCCCN(CCCCCCC(=O)OCC)C(=O)n1cc[n+](C)c1.[I-]. The highest BCUT2D eigenvalue weighted by atomic mass is 127. The number of imidazole rings is 1. The Hall–Kier alpha value is -1.65. The fourth-order valence-electron chi connectivity index (χ4n) is 3.35. The van der Waals surface area contributed by atoms with Crippen LogP contribution in [0, 0.1) is 0 Å². The van der Waals surface area contributed by atoms with Crippen molar-refractivity contribution in [2.24, 2.45) is 7.05 Å². The van der Waals surface area contributed by atoms with Gasteiger partial charge in [-0.2, -0.15) is 4.57 Å². The molecule has 0 aliphatic rings. The molecule has 32 heavy (non-hydrogen) atoms. The van der Waals surface area contributed by atoms with E-state index in [9.17, 15) is 14.4 Å². The standard InChI is InChI=1S/C23H40N3O5.HI/c1-4-30-21(27)14-10-6-8-12-16-25(23(29)26-19-18-24(3)20-26)17-13-9-7-11-15-22(28)31-5-2;/h18-20H,4-17H2,1-3H3;1H/q+1;/p-1. The molecule has 0 aromatic carbocycles. The summed E-state index contributed by atoms with van der Waals surface area (Å²) in [4.78, 5) is 37.6. The van der Waals surface area contributed by atoms with Crippen molar-refractivity contribution in [1.29, 1.82) is 0 Å². The Morgan fingerprint density at radius 1 is 0.812 bits per heavy atom. The van der Waals surface area contributed by atoms with Gasteiger partial charge in [0.05, 0.1) is 20.3 Å². The maximum Gasteiger partial charge on any atom is 0.415 e. The number of aromatic nitrogens is 2. The first-order valence-corrected chi connectivity index (χ1v) is 11.6. The summed E-state index contributed by atoms with van der Waals surface area (Å²) in [5, 5.41) is 0. The van der Waals surface area contributed by atoms with E-state index in [2.05, 4.69) is 0 Å². The Kier molecular flexibility index (Phi) is 17.9. The summed E-state index contributed by atoms with van der Waals surface area (Å²) >= 11 is 0. The van der Waals surface area contributed by atoms with E-state index >= 15 is 0 Å². The highest BCUT2D eigenvalue weighted by Gasteiger charge is 2.20. The third-order valence-corrected chi connectivity index (χ3v) is 4.99. The van der Waals surface area contributed by atoms with E-state index in [0.717, 1.165) is 51.4 Å². The zero-order valence-electron chi connectivity index (χ0n) is 19.9. The van der Waals surface area contributed by atoms with Crippen LogP contribution >= 0.6 is 0 Å². The maximum atomic E-state index is 12.9. The number of amides is 1. The minimum atomic E-state index is -0.136. The lowest BCUT2D eigenvalue weighted by atomic mass is 10.1. The maximum absolute atomic E-state index is 12.9. The molecule has 8 nitrogen and oxygen atoms in total. The molecule has 0 fully saturated rings. The molecule has 0 spiro atoms. The van der Waals surface area contributed by atoms with Gasteiger partial charge in [-0.25, -0.2) is 9.36 Å². The summed E-state index contributed by atoms with van der Waals surface area (Å²) < 4.78 is 13.3. The van der Waals surface area contributed by atoms with Crippen molar-refractivity contribution in [3.8, 4) is 0 Å². The molecule has 0 saturated carbocycles. The molecule has 184 valence electrons. The van der Waals surface area contributed by atoms with Gasteiger partial charge in [0.2, 0.25) is 0 Å². The molecular formula is C23H40IN3O5. The molecule has 1 rings (SSSR count). The van der Waals surface area contributed by atoms with Crippen molar-refractivity contribution >= 4 is 18.0 Å². The Bertz CT molecular complexity index is 636. The van der Waals surface area contributed by atoms with Gasteiger partial charge in [-0.05, 0) is 39.5 Å². The number of rotatable bonds is 16. The number of ether oxygens (including phenoxy) is 2. The number of halogens is 1. The summed E-state index contributed by atoms with van der Waals surface area (Å²) in [6.07, 6.45) is 13.6. The van der Waals surface area contributed by atoms with Crippen molar-refractivity contribution in [2.75, 3.05) is 26.3 Å². The number of carbonyl (C=O) groups excluding carboxylic acids is 3. The van der Waals surface area contributed by atoms with Crippen LogP contribution in [0.5, 0.6) is 0 Å². The first-order valence-electron chi connectivity index (χ1n) is 11.6. The molecule has 0 atom stereocenters.